The predicted molar refractivity (Wildman–Crippen MR) is 70.5 cm³/mol. The third-order valence-corrected chi connectivity index (χ3v) is 4.67. The SMILES string of the molecule is N#Cc1ccc(S(=O)(=O)NC(CO)(CO)CO)c(Cl)c1. The Hall–Kier alpha value is -1.21. The van der Waals surface area contributed by atoms with E-state index in [4.69, 9.17) is 32.2 Å². The molecule has 0 atom stereocenters. The lowest BCUT2D eigenvalue weighted by Crippen LogP contribution is -2.56. The van der Waals surface area contributed by atoms with Crippen LogP contribution >= 0.6 is 11.6 Å². The van der Waals surface area contributed by atoms with E-state index in [-0.39, 0.29) is 15.5 Å². The molecule has 0 bridgehead atoms. The highest BCUT2D eigenvalue weighted by atomic mass is 35.5. The van der Waals surface area contributed by atoms with Gasteiger partial charge in [0.05, 0.1) is 36.5 Å². The Kier molecular flexibility index (Phi) is 5.47. The lowest BCUT2D eigenvalue weighted by molar-refractivity contribution is 0.0582. The lowest BCUT2D eigenvalue weighted by Gasteiger charge is -2.28. The molecule has 110 valence electrons. The molecule has 0 saturated carbocycles. The van der Waals surface area contributed by atoms with Gasteiger partial charge in [-0.25, -0.2) is 8.42 Å². The fourth-order valence-electron chi connectivity index (χ4n) is 1.38. The molecule has 20 heavy (non-hydrogen) atoms. The van der Waals surface area contributed by atoms with Crippen LogP contribution in [0.2, 0.25) is 5.02 Å². The zero-order valence-electron chi connectivity index (χ0n) is 10.2. The summed E-state index contributed by atoms with van der Waals surface area (Å²) in [4.78, 5) is -0.321. The summed E-state index contributed by atoms with van der Waals surface area (Å²) >= 11 is 5.79. The number of nitrogens with one attached hydrogen (secondary N) is 1. The van der Waals surface area contributed by atoms with E-state index in [0.29, 0.717) is 0 Å². The second kappa shape index (κ2) is 6.49. The van der Waals surface area contributed by atoms with Crippen LogP contribution in [0.5, 0.6) is 0 Å². The Morgan fingerprint density at radius 3 is 2.20 bits per heavy atom. The summed E-state index contributed by atoms with van der Waals surface area (Å²) in [7, 11) is -4.18. The first-order valence-corrected chi connectivity index (χ1v) is 7.26. The zero-order valence-corrected chi connectivity index (χ0v) is 11.8. The van der Waals surface area contributed by atoms with Crippen molar-refractivity contribution >= 4 is 21.6 Å². The maximum absolute atomic E-state index is 12.1. The minimum absolute atomic E-state index is 0.181. The van der Waals surface area contributed by atoms with Crippen molar-refractivity contribution in [1.82, 2.24) is 4.72 Å². The Labute approximate surface area is 121 Å². The number of hydrogen-bond donors (Lipinski definition) is 4. The highest BCUT2D eigenvalue weighted by Crippen LogP contribution is 2.23. The third kappa shape index (κ3) is 3.46. The van der Waals surface area contributed by atoms with Gasteiger partial charge in [-0.05, 0) is 18.2 Å². The van der Waals surface area contributed by atoms with Gasteiger partial charge >= 0.3 is 0 Å². The van der Waals surface area contributed by atoms with Crippen molar-refractivity contribution in [2.75, 3.05) is 19.8 Å². The summed E-state index contributed by atoms with van der Waals surface area (Å²) in [6.07, 6.45) is 0. The van der Waals surface area contributed by atoms with Crippen molar-refractivity contribution in [2.45, 2.75) is 10.4 Å². The molecular weight excluding hydrogens is 308 g/mol. The minimum Gasteiger partial charge on any atom is -0.394 e. The summed E-state index contributed by atoms with van der Waals surface area (Å²) < 4.78 is 26.3. The summed E-state index contributed by atoms with van der Waals surface area (Å²) in [5.41, 5.74) is -1.61. The molecule has 0 aliphatic heterocycles. The molecule has 1 rings (SSSR count). The Balaban J connectivity index is 3.21. The largest absolute Gasteiger partial charge is 0.394 e. The molecule has 0 heterocycles. The van der Waals surface area contributed by atoms with E-state index in [0.717, 1.165) is 6.07 Å². The van der Waals surface area contributed by atoms with Gasteiger partial charge in [0.2, 0.25) is 10.0 Å². The van der Waals surface area contributed by atoms with Crippen molar-refractivity contribution in [3.63, 3.8) is 0 Å². The highest BCUT2D eigenvalue weighted by Gasteiger charge is 2.34. The summed E-state index contributed by atoms with van der Waals surface area (Å²) in [5.74, 6) is 0. The van der Waals surface area contributed by atoms with E-state index < -0.39 is 35.4 Å². The Morgan fingerprint density at radius 1 is 1.25 bits per heavy atom. The molecule has 0 unspecified atom stereocenters. The maximum Gasteiger partial charge on any atom is 0.242 e. The van der Waals surface area contributed by atoms with E-state index in [1.165, 1.54) is 12.1 Å². The molecule has 4 N–H and O–H groups in total. The third-order valence-electron chi connectivity index (χ3n) is 2.61. The molecular formula is C11H13ClN2O5S. The number of rotatable bonds is 6. The average molecular weight is 321 g/mol. The molecule has 0 fully saturated rings. The zero-order chi connectivity index (χ0) is 15.4. The van der Waals surface area contributed by atoms with Crippen LogP contribution in [0.3, 0.4) is 0 Å². The van der Waals surface area contributed by atoms with E-state index in [1.54, 1.807) is 0 Å². The van der Waals surface area contributed by atoms with E-state index >= 15 is 0 Å². The number of aliphatic hydroxyl groups is 3. The number of benzene rings is 1. The topological polar surface area (TPSA) is 131 Å². The quantitative estimate of drug-likeness (QED) is 0.543. The molecule has 0 amide bonds. The van der Waals surface area contributed by atoms with Crippen LogP contribution in [-0.2, 0) is 10.0 Å². The van der Waals surface area contributed by atoms with Crippen molar-refractivity contribution < 1.29 is 23.7 Å². The van der Waals surface area contributed by atoms with E-state index in [2.05, 4.69) is 0 Å². The standard InChI is InChI=1S/C11H13ClN2O5S/c12-9-3-8(4-13)1-2-10(9)20(18,19)14-11(5-15,6-16)7-17/h1-3,14-17H,5-7H2. The molecule has 7 nitrogen and oxygen atoms in total. The van der Waals surface area contributed by atoms with Crippen molar-refractivity contribution in [3.8, 4) is 6.07 Å². The van der Waals surface area contributed by atoms with Crippen molar-refractivity contribution in [1.29, 1.82) is 5.26 Å². The van der Waals surface area contributed by atoms with E-state index in [1.807, 2.05) is 10.8 Å². The van der Waals surface area contributed by atoms with Crippen LogP contribution in [-0.4, -0.2) is 49.1 Å². The number of hydrogen-bond acceptors (Lipinski definition) is 6. The number of nitriles is 1. The second-order valence-electron chi connectivity index (χ2n) is 4.12. The summed E-state index contributed by atoms with van der Waals surface area (Å²) in [5, 5.41) is 35.8. The summed E-state index contributed by atoms with van der Waals surface area (Å²) in [6.45, 7) is -2.40. The van der Waals surface area contributed by atoms with Crippen LogP contribution in [0, 0.1) is 11.3 Å². The van der Waals surface area contributed by atoms with Gasteiger partial charge < -0.3 is 15.3 Å². The number of aliphatic hydroxyl groups excluding tert-OH is 3. The normalized spacial score (nSPS) is 12.2. The summed E-state index contributed by atoms with van der Waals surface area (Å²) in [6, 6.07) is 5.37. The Bertz CT molecular complexity index is 614. The molecule has 1 aromatic carbocycles. The first kappa shape index (κ1) is 16.8. The fourth-order valence-corrected chi connectivity index (χ4v) is 3.30. The van der Waals surface area contributed by atoms with Gasteiger partial charge in [-0.1, -0.05) is 11.6 Å². The van der Waals surface area contributed by atoms with Gasteiger partial charge in [0.25, 0.3) is 0 Å². The van der Waals surface area contributed by atoms with E-state index in [9.17, 15) is 8.42 Å². The smallest absolute Gasteiger partial charge is 0.242 e. The number of halogens is 1. The molecule has 0 aliphatic carbocycles. The monoisotopic (exact) mass is 320 g/mol. The number of sulfonamides is 1. The average Bonchev–Trinajstić information content (AvgIpc) is 2.44. The van der Waals surface area contributed by atoms with Crippen LogP contribution in [0.1, 0.15) is 5.56 Å². The lowest BCUT2D eigenvalue weighted by atomic mass is 10.1. The van der Waals surface area contributed by atoms with Crippen molar-refractivity contribution in [2.24, 2.45) is 0 Å². The first-order chi connectivity index (χ1) is 9.34. The molecule has 0 saturated heterocycles. The first-order valence-electron chi connectivity index (χ1n) is 5.40. The van der Waals surface area contributed by atoms with Crippen LogP contribution in [0.25, 0.3) is 0 Å². The molecule has 9 heteroatoms. The fraction of sp³-hybridized carbons (Fsp3) is 0.364. The predicted octanol–water partition coefficient (Wildman–Crippen LogP) is -0.794. The van der Waals surface area contributed by atoms with Gasteiger partial charge in [-0.15, -0.1) is 0 Å². The minimum atomic E-state index is -4.18. The van der Waals surface area contributed by atoms with Crippen LogP contribution in [0.4, 0.5) is 0 Å². The molecule has 0 aliphatic rings. The van der Waals surface area contributed by atoms with Gasteiger partial charge in [0, 0.05) is 0 Å². The molecule has 0 radical (unpaired) electrons. The second-order valence-corrected chi connectivity index (χ2v) is 6.18. The van der Waals surface area contributed by atoms with Gasteiger partial charge in [0.15, 0.2) is 0 Å². The van der Waals surface area contributed by atoms with Crippen LogP contribution in [0.15, 0.2) is 23.1 Å². The van der Waals surface area contributed by atoms with Gasteiger partial charge in [0.1, 0.15) is 10.4 Å². The molecule has 0 aromatic heterocycles. The van der Waals surface area contributed by atoms with Crippen LogP contribution < -0.4 is 4.72 Å². The number of nitrogens with zero attached hydrogens (tertiary/aromatic N) is 1. The Morgan fingerprint density at radius 2 is 1.80 bits per heavy atom. The van der Waals surface area contributed by atoms with Gasteiger partial charge in [-0.2, -0.15) is 9.98 Å². The molecule has 1 aromatic rings. The maximum atomic E-state index is 12.1. The van der Waals surface area contributed by atoms with Gasteiger partial charge in [-0.3, -0.25) is 0 Å². The van der Waals surface area contributed by atoms with Crippen molar-refractivity contribution in [3.05, 3.63) is 28.8 Å². The highest BCUT2D eigenvalue weighted by molar-refractivity contribution is 7.89. The molecule has 0 spiro atoms.